The number of halogens is 2. The fourth-order valence-corrected chi connectivity index (χ4v) is 8.44. The molecule has 0 N–H and O–H groups in total. The first-order valence-corrected chi connectivity index (χ1v) is 20.5. The van der Waals surface area contributed by atoms with Gasteiger partial charge in [0.25, 0.3) is 0 Å². The first-order chi connectivity index (χ1) is 26.3. The minimum Gasteiger partial charge on any atom is -0.273 e. The predicted octanol–water partition coefficient (Wildman–Crippen LogP) is 13.7. The summed E-state index contributed by atoms with van der Waals surface area (Å²) in [5.74, 6) is 5.66. The van der Waals surface area contributed by atoms with Crippen molar-refractivity contribution in [3.63, 3.8) is 0 Å². The Morgan fingerprint density at radius 2 is 0.855 bits per heavy atom. The zero-order valence-electron chi connectivity index (χ0n) is 31.5. The zero-order chi connectivity index (χ0) is 36.5. The Morgan fingerprint density at radius 1 is 0.491 bits per heavy atom. The van der Waals surface area contributed by atoms with Gasteiger partial charge in [0, 0.05) is 0 Å². The van der Waals surface area contributed by atoms with Crippen molar-refractivity contribution >= 4 is 28.5 Å². The van der Waals surface area contributed by atoms with Crippen LogP contribution in [0.25, 0.3) is 22.3 Å². The van der Waals surface area contributed by atoms with Crippen LogP contribution in [0, 0.1) is 59.8 Å². The molecule has 4 aromatic carbocycles. The van der Waals surface area contributed by atoms with Crippen LogP contribution in [0.4, 0.5) is 0 Å². The van der Waals surface area contributed by atoms with E-state index in [9.17, 15) is 0 Å². The topological polar surface area (TPSA) is 0 Å². The van der Waals surface area contributed by atoms with Crippen LogP contribution in [0.1, 0.15) is 13.3 Å². The van der Waals surface area contributed by atoms with E-state index in [1.165, 1.54) is 46.5 Å². The van der Waals surface area contributed by atoms with Gasteiger partial charge in [0.1, 0.15) is 0 Å². The fourth-order valence-electron chi connectivity index (χ4n) is 8.44. The van der Waals surface area contributed by atoms with Gasteiger partial charge in [-0.2, -0.15) is 12.0 Å². The zero-order valence-corrected chi connectivity index (χ0v) is 35.6. The molecule has 0 bridgehead atoms. The molecule has 10 rings (SSSR count). The maximum Gasteiger partial charge on any atom is -0.0184 e. The molecule has 4 aromatic rings. The summed E-state index contributed by atoms with van der Waals surface area (Å²) in [5.41, 5.74) is 5.10. The van der Waals surface area contributed by atoms with E-state index in [-0.39, 0.29) is 24.8 Å². The molecule has 8 atom stereocenters. The van der Waals surface area contributed by atoms with Gasteiger partial charge < -0.3 is 6.42 Å². The average molecular weight is 839 g/mol. The summed E-state index contributed by atoms with van der Waals surface area (Å²) < 4.78 is 2.09. The second-order valence-corrected chi connectivity index (χ2v) is 15.3. The van der Waals surface area contributed by atoms with Crippen molar-refractivity contribution in [3.8, 4) is 22.3 Å². The minimum atomic E-state index is 0. The van der Waals surface area contributed by atoms with Crippen LogP contribution in [0.15, 0.2) is 212 Å². The van der Waals surface area contributed by atoms with Crippen molar-refractivity contribution in [2.75, 3.05) is 0 Å². The van der Waals surface area contributed by atoms with Gasteiger partial charge in [-0.15, -0.1) is 43.2 Å². The van der Waals surface area contributed by atoms with E-state index < -0.39 is 0 Å². The van der Waals surface area contributed by atoms with Crippen molar-refractivity contribution in [2.24, 2.45) is 47.3 Å². The van der Waals surface area contributed by atoms with Gasteiger partial charge in [-0.1, -0.05) is 194 Å². The van der Waals surface area contributed by atoms with Gasteiger partial charge in [-0.3, -0.25) is 6.08 Å². The van der Waals surface area contributed by atoms with E-state index in [4.69, 9.17) is 0 Å². The van der Waals surface area contributed by atoms with E-state index in [0.29, 0.717) is 35.5 Å². The smallest absolute Gasteiger partial charge is 0.0184 e. The van der Waals surface area contributed by atoms with E-state index in [2.05, 4.69) is 192 Å². The maximum atomic E-state index is 2.99. The molecule has 3 heteroatoms. The maximum absolute atomic E-state index is 2.99. The van der Waals surface area contributed by atoms with Crippen LogP contribution < -0.4 is 0 Å². The molecular formula is C52H52Cl2Zr. The molecule has 6 aliphatic carbocycles. The van der Waals surface area contributed by atoms with Crippen molar-refractivity contribution in [2.45, 2.75) is 13.3 Å². The Morgan fingerprint density at radius 3 is 1.24 bits per heavy atom. The molecule has 0 aromatic heterocycles. The summed E-state index contributed by atoms with van der Waals surface area (Å²) in [6.07, 6.45) is 41.0. The van der Waals surface area contributed by atoms with Crippen molar-refractivity contribution in [1.82, 2.24) is 0 Å². The summed E-state index contributed by atoms with van der Waals surface area (Å²) in [7, 11) is 0. The summed E-state index contributed by atoms with van der Waals surface area (Å²) in [4.78, 5) is 0. The van der Waals surface area contributed by atoms with Gasteiger partial charge >= 0.3 is 34.9 Å². The number of hydrogen-bond acceptors (Lipinski definition) is 0. The van der Waals surface area contributed by atoms with E-state index in [1.54, 1.807) is 0 Å². The molecule has 2 fully saturated rings. The molecule has 55 heavy (non-hydrogen) atoms. The second kappa shape index (κ2) is 23.9. The molecule has 278 valence electrons. The van der Waals surface area contributed by atoms with Crippen LogP contribution in [-0.2, 0) is 24.2 Å². The number of benzene rings is 4. The van der Waals surface area contributed by atoms with Crippen LogP contribution in [0.3, 0.4) is 0 Å². The third-order valence-corrected chi connectivity index (χ3v) is 10.7. The second-order valence-electron chi connectivity index (χ2n) is 13.9. The fraction of sp³-hybridized carbons (Fsp3) is 0.192. The van der Waals surface area contributed by atoms with Gasteiger partial charge in [0.05, 0.1) is 0 Å². The summed E-state index contributed by atoms with van der Waals surface area (Å²) in [6, 6.07) is 41.6. The third kappa shape index (κ3) is 12.1. The molecule has 0 heterocycles. The molecule has 0 amide bonds. The van der Waals surface area contributed by atoms with Gasteiger partial charge in [0.2, 0.25) is 0 Å². The largest absolute Gasteiger partial charge is 0.273 e. The minimum absolute atomic E-state index is 0. The standard InChI is InChI=1S/C21H21.2C12H10.C5H5.C2H4.2ClH.Zr/c1-2-8-15-14(7-1)13-20-18-11-4-3-9-16(18)17-10-5-6-12-19(17)21(15)20;2*1-3-7-11(8-4-1)12-9-5-2-6-10-12;1-2-4-5-3-1;1-2;;;/h1-21H;2*1-10H;1-3H,4H2;1H,2H3;2*1H;/q-1;;;-1;;;;+2. The molecule has 0 saturated heterocycles. The van der Waals surface area contributed by atoms with E-state index in [0.717, 1.165) is 18.3 Å². The van der Waals surface area contributed by atoms with Crippen molar-refractivity contribution in [3.05, 3.63) is 225 Å². The first kappa shape index (κ1) is 43.9. The monoisotopic (exact) mass is 836 g/mol. The van der Waals surface area contributed by atoms with Gasteiger partial charge in [-0.05, 0) is 51.8 Å². The SMILES string of the molecule is C1=CC2[CH-]C3C4C=CC=CC4C4C=CC=CC4C3C2C=C1.C[CH]=[Zr+2].Cl.Cl.[C-]1=CC=CC1.c1ccc(-c2ccccc2)cc1.c1ccc(-c2ccccc2)cc1. The third-order valence-electron chi connectivity index (χ3n) is 10.7. The van der Waals surface area contributed by atoms with E-state index >= 15 is 0 Å². The first-order valence-electron chi connectivity index (χ1n) is 19.1. The van der Waals surface area contributed by atoms with Crippen molar-refractivity contribution < 1.29 is 24.2 Å². The summed E-state index contributed by atoms with van der Waals surface area (Å²) in [6.45, 7) is 2.04. The van der Waals surface area contributed by atoms with Crippen LogP contribution >= 0.6 is 24.8 Å². The Labute approximate surface area is 358 Å². The normalized spacial score (nSPS) is 25.7. The van der Waals surface area contributed by atoms with Crippen LogP contribution in [0.5, 0.6) is 0 Å². The number of hydrogen-bond donors (Lipinski definition) is 0. The molecule has 2 saturated carbocycles. The molecule has 0 spiro atoms. The summed E-state index contributed by atoms with van der Waals surface area (Å²) >= 11 is 1.51. The molecule has 8 unspecified atom stereocenters. The number of fused-ring (bicyclic) bond motifs is 8. The van der Waals surface area contributed by atoms with E-state index in [1.807, 2.05) is 43.3 Å². The molecular weight excluding hydrogens is 787 g/mol. The summed E-state index contributed by atoms with van der Waals surface area (Å²) in [5, 5.41) is 0. The van der Waals surface area contributed by atoms with Gasteiger partial charge in [0.15, 0.2) is 0 Å². The quantitative estimate of drug-likeness (QED) is 0.176. The van der Waals surface area contributed by atoms with Crippen LogP contribution in [-0.4, -0.2) is 3.71 Å². The predicted molar refractivity (Wildman–Crippen MR) is 239 cm³/mol. The Balaban J connectivity index is 0.000000171. The van der Waals surface area contributed by atoms with Crippen molar-refractivity contribution in [1.29, 1.82) is 0 Å². The Kier molecular flexibility index (Phi) is 19.1. The molecule has 0 nitrogen and oxygen atoms in total. The Bertz CT molecular complexity index is 1780. The average Bonchev–Trinajstić information content (AvgIpc) is 3.96. The van der Waals surface area contributed by atoms with Crippen LogP contribution in [0.2, 0.25) is 0 Å². The Hall–Kier alpha value is -3.87. The van der Waals surface area contributed by atoms with Gasteiger partial charge in [-0.25, -0.2) is 12.2 Å². The number of allylic oxidation sites excluding steroid dienone is 16. The number of rotatable bonds is 2. The molecule has 0 aliphatic heterocycles. The molecule has 0 radical (unpaired) electrons. The molecule has 6 aliphatic rings.